The third kappa shape index (κ3) is 5.85. The zero-order chi connectivity index (χ0) is 33.5. The van der Waals surface area contributed by atoms with Gasteiger partial charge in [0.1, 0.15) is 11.7 Å². The van der Waals surface area contributed by atoms with Crippen LogP contribution in [0.3, 0.4) is 0 Å². The van der Waals surface area contributed by atoms with Crippen molar-refractivity contribution in [3.05, 3.63) is 99.6 Å². The molecule has 248 valence electrons. The number of aromatic nitrogens is 3. The van der Waals surface area contributed by atoms with E-state index in [0.717, 1.165) is 59.6 Å². The fourth-order valence-corrected chi connectivity index (χ4v) is 7.43. The molecular formula is C36H36ClFN6O4. The maximum Gasteiger partial charge on any atom is 0.276 e. The zero-order valence-electron chi connectivity index (χ0n) is 26.9. The number of carbonyl (C=O) groups is 3. The molecule has 0 radical (unpaired) electrons. The van der Waals surface area contributed by atoms with Gasteiger partial charge >= 0.3 is 0 Å². The molecule has 3 aliphatic rings. The number of rotatable bonds is 7. The number of methoxy groups -OCH3 is 1. The quantitative estimate of drug-likeness (QED) is 0.269. The van der Waals surface area contributed by atoms with Crippen molar-refractivity contribution in [1.29, 1.82) is 0 Å². The summed E-state index contributed by atoms with van der Waals surface area (Å²) in [7, 11) is 3.51. The predicted molar refractivity (Wildman–Crippen MR) is 179 cm³/mol. The molecule has 1 atom stereocenters. The Morgan fingerprint density at radius 3 is 2.54 bits per heavy atom. The smallest absolute Gasteiger partial charge is 0.276 e. The number of benzene rings is 3. The first kappa shape index (κ1) is 32.0. The van der Waals surface area contributed by atoms with Crippen LogP contribution in [-0.2, 0) is 33.6 Å². The third-order valence-corrected chi connectivity index (χ3v) is 10.1. The van der Waals surface area contributed by atoms with E-state index in [9.17, 15) is 18.8 Å². The maximum absolute atomic E-state index is 14.8. The molecule has 1 fully saturated rings. The summed E-state index contributed by atoms with van der Waals surface area (Å²) in [6.07, 6.45) is 5.11. The average Bonchev–Trinajstić information content (AvgIpc) is 3.60. The number of halogens is 2. The lowest BCUT2D eigenvalue weighted by molar-refractivity contribution is -0.123. The van der Waals surface area contributed by atoms with Crippen LogP contribution in [0.25, 0.3) is 5.69 Å². The standard InChI is InChI=1S/C36H36ClFN6O4/c1-41-29-11-9-22(19-23(29)10-12-33(41)46)20-32(45)35-26-5-3-7-30(42-16-13-24(48-2)14-17-42)25(26)15-18-43(35)36(47)28-21-44(40-39-28)31-8-4-6-27(37)34(31)38/h3-9,11,19,21,24,35H,10,12-18,20H2,1-2H3. The summed E-state index contributed by atoms with van der Waals surface area (Å²) >= 11 is 5.98. The summed E-state index contributed by atoms with van der Waals surface area (Å²) in [6.45, 7) is 1.97. The second kappa shape index (κ2) is 13.1. The Bertz CT molecular complexity index is 1900. The molecule has 0 saturated carbocycles. The molecule has 3 aliphatic heterocycles. The molecule has 0 aliphatic carbocycles. The summed E-state index contributed by atoms with van der Waals surface area (Å²) in [5, 5.41) is 8.03. The van der Waals surface area contributed by atoms with Crippen molar-refractivity contribution < 1.29 is 23.5 Å². The second-order valence-electron chi connectivity index (χ2n) is 12.6. The highest BCUT2D eigenvalue weighted by atomic mass is 35.5. The van der Waals surface area contributed by atoms with Gasteiger partial charge in [0.25, 0.3) is 5.91 Å². The van der Waals surface area contributed by atoms with Gasteiger partial charge in [0.05, 0.1) is 17.3 Å². The molecule has 10 nitrogen and oxygen atoms in total. The predicted octanol–water partition coefficient (Wildman–Crippen LogP) is 5.14. The van der Waals surface area contributed by atoms with Gasteiger partial charge in [-0.2, -0.15) is 0 Å². The van der Waals surface area contributed by atoms with Crippen molar-refractivity contribution in [1.82, 2.24) is 19.9 Å². The zero-order valence-corrected chi connectivity index (χ0v) is 27.6. The molecule has 12 heteroatoms. The van der Waals surface area contributed by atoms with E-state index >= 15 is 0 Å². The van der Waals surface area contributed by atoms with Crippen LogP contribution in [-0.4, -0.2) is 77.4 Å². The molecular weight excluding hydrogens is 635 g/mol. The highest BCUT2D eigenvalue weighted by Crippen LogP contribution is 2.39. The van der Waals surface area contributed by atoms with Crippen molar-refractivity contribution in [2.75, 3.05) is 43.6 Å². The molecule has 0 N–H and O–H groups in total. The highest BCUT2D eigenvalue weighted by Gasteiger charge is 2.39. The molecule has 0 bridgehead atoms. The van der Waals surface area contributed by atoms with Gasteiger partial charge in [0.2, 0.25) is 5.91 Å². The Kier molecular flexibility index (Phi) is 8.74. The Labute approximate surface area is 283 Å². The first-order valence-electron chi connectivity index (χ1n) is 16.2. The minimum atomic E-state index is -0.869. The van der Waals surface area contributed by atoms with E-state index in [1.54, 1.807) is 30.0 Å². The monoisotopic (exact) mass is 670 g/mol. The molecule has 3 aromatic carbocycles. The number of ketones is 1. The van der Waals surface area contributed by atoms with E-state index in [1.807, 2.05) is 30.3 Å². The van der Waals surface area contributed by atoms with Gasteiger partial charge in [-0.15, -0.1) is 5.10 Å². The average molecular weight is 671 g/mol. The lowest BCUT2D eigenvalue weighted by atomic mass is 9.86. The van der Waals surface area contributed by atoms with Crippen LogP contribution in [0.5, 0.6) is 0 Å². The van der Waals surface area contributed by atoms with Crippen LogP contribution in [0.1, 0.15) is 58.0 Å². The van der Waals surface area contributed by atoms with Crippen molar-refractivity contribution >= 4 is 40.6 Å². The largest absolute Gasteiger partial charge is 0.381 e. The summed E-state index contributed by atoms with van der Waals surface area (Å²) in [4.78, 5) is 46.4. The maximum atomic E-state index is 14.8. The number of hydrogen-bond acceptors (Lipinski definition) is 7. The van der Waals surface area contributed by atoms with Gasteiger partial charge in [-0.3, -0.25) is 14.4 Å². The van der Waals surface area contributed by atoms with Gasteiger partial charge < -0.3 is 19.4 Å². The summed E-state index contributed by atoms with van der Waals surface area (Å²) < 4.78 is 21.5. The van der Waals surface area contributed by atoms with Crippen LogP contribution in [0.4, 0.5) is 15.8 Å². The number of ether oxygens (including phenoxy) is 1. The number of carbonyl (C=O) groups excluding carboxylic acids is 3. The number of anilines is 2. The normalized spacial score (nSPS) is 18.1. The van der Waals surface area contributed by atoms with Crippen molar-refractivity contribution in [2.24, 2.45) is 0 Å². The number of aryl methyl sites for hydroxylation is 1. The Balaban J connectivity index is 1.23. The first-order valence-corrected chi connectivity index (χ1v) is 16.6. The first-order chi connectivity index (χ1) is 23.2. The lowest BCUT2D eigenvalue weighted by Crippen LogP contribution is -2.45. The van der Waals surface area contributed by atoms with Gasteiger partial charge in [-0.05, 0) is 72.2 Å². The summed E-state index contributed by atoms with van der Waals surface area (Å²) in [5.41, 5.74) is 5.68. The van der Waals surface area contributed by atoms with Crippen LogP contribution in [0.2, 0.25) is 5.02 Å². The molecule has 2 amide bonds. The van der Waals surface area contributed by atoms with Gasteiger partial charge in [0.15, 0.2) is 17.3 Å². The van der Waals surface area contributed by atoms with Gasteiger partial charge in [0, 0.05) is 58.0 Å². The van der Waals surface area contributed by atoms with E-state index in [-0.39, 0.29) is 40.6 Å². The summed E-state index contributed by atoms with van der Waals surface area (Å²) in [6, 6.07) is 15.4. The topological polar surface area (TPSA) is 101 Å². The molecule has 48 heavy (non-hydrogen) atoms. The molecule has 1 saturated heterocycles. The Morgan fingerprint density at radius 2 is 1.75 bits per heavy atom. The highest BCUT2D eigenvalue weighted by molar-refractivity contribution is 6.30. The number of hydrogen-bond donors (Lipinski definition) is 0. The number of amides is 2. The van der Waals surface area contributed by atoms with E-state index in [4.69, 9.17) is 16.3 Å². The van der Waals surface area contributed by atoms with E-state index in [0.29, 0.717) is 25.8 Å². The van der Waals surface area contributed by atoms with E-state index < -0.39 is 17.8 Å². The second-order valence-corrected chi connectivity index (χ2v) is 13.0. The van der Waals surface area contributed by atoms with Gasteiger partial charge in [-0.1, -0.05) is 47.1 Å². The fraction of sp³-hybridized carbons (Fsp3) is 0.361. The fourth-order valence-electron chi connectivity index (χ4n) is 7.26. The minimum absolute atomic E-state index is 0.00472. The SMILES string of the molecule is COC1CCN(c2cccc3c2CCN(C(=O)c2cn(-c4cccc(Cl)c4F)nn2)C3C(=O)Cc2ccc3c(c2)CCC(=O)N3C)CC1. The van der Waals surface area contributed by atoms with E-state index in [2.05, 4.69) is 21.3 Å². The van der Waals surface area contributed by atoms with Crippen LogP contribution >= 0.6 is 11.6 Å². The van der Waals surface area contributed by atoms with Crippen LogP contribution in [0.15, 0.2) is 60.8 Å². The number of nitrogens with zero attached hydrogens (tertiary/aromatic N) is 6. The Hall–Kier alpha value is -4.61. The molecule has 7 rings (SSSR count). The number of Topliss-reactive ketones (excluding diaryl/α,β-unsaturated/α-hetero) is 1. The molecule has 0 spiro atoms. The Morgan fingerprint density at radius 1 is 0.979 bits per heavy atom. The number of piperidine rings is 1. The van der Waals surface area contributed by atoms with E-state index in [1.165, 1.54) is 23.0 Å². The van der Waals surface area contributed by atoms with Crippen LogP contribution < -0.4 is 9.80 Å². The lowest BCUT2D eigenvalue weighted by Gasteiger charge is -2.40. The van der Waals surface area contributed by atoms with Gasteiger partial charge in [-0.25, -0.2) is 9.07 Å². The molecule has 1 unspecified atom stereocenters. The molecule has 4 heterocycles. The molecule has 4 aromatic rings. The van der Waals surface area contributed by atoms with Crippen molar-refractivity contribution in [2.45, 2.75) is 50.7 Å². The summed E-state index contributed by atoms with van der Waals surface area (Å²) in [5.74, 6) is -1.21. The minimum Gasteiger partial charge on any atom is -0.381 e. The number of fused-ring (bicyclic) bond motifs is 2. The third-order valence-electron chi connectivity index (χ3n) is 9.83. The molecule has 1 aromatic heterocycles. The van der Waals surface area contributed by atoms with Crippen molar-refractivity contribution in [3.8, 4) is 5.69 Å². The van der Waals surface area contributed by atoms with Crippen LogP contribution in [0, 0.1) is 5.82 Å². The van der Waals surface area contributed by atoms with Crippen molar-refractivity contribution in [3.63, 3.8) is 0 Å².